The van der Waals surface area contributed by atoms with Crippen LogP contribution in [0.4, 0.5) is 0 Å². The van der Waals surface area contributed by atoms with Crippen molar-refractivity contribution < 1.29 is 0 Å². The summed E-state index contributed by atoms with van der Waals surface area (Å²) in [5.74, 6) is 0. The molecule has 1 aliphatic rings. The van der Waals surface area contributed by atoms with Gasteiger partial charge in [-0.3, -0.25) is 4.98 Å². The first-order chi connectivity index (χ1) is 7.45. The molecule has 80 valence electrons. The lowest BCUT2D eigenvalue weighted by Gasteiger charge is -2.10. The van der Waals surface area contributed by atoms with Gasteiger partial charge in [0.25, 0.3) is 0 Å². The summed E-state index contributed by atoms with van der Waals surface area (Å²) in [5.41, 5.74) is 2.80. The van der Waals surface area contributed by atoms with Gasteiger partial charge in [-0.1, -0.05) is 30.6 Å². The van der Waals surface area contributed by atoms with Gasteiger partial charge in [-0.25, -0.2) is 0 Å². The first kappa shape index (κ1) is 10.4. The van der Waals surface area contributed by atoms with E-state index in [1.807, 2.05) is 12.3 Å². The van der Waals surface area contributed by atoms with Crippen LogP contribution in [0.5, 0.6) is 0 Å². The van der Waals surface area contributed by atoms with Crippen LogP contribution >= 0.6 is 0 Å². The summed E-state index contributed by atoms with van der Waals surface area (Å²) in [6.45, 7) is 0. The fourth-order valence-electron chi connectivity index (χ4n) is 2.15. The summed E-state index contributed by atoms with van der Waals surface area (Å²) >= 11 is 0. The van der Waals surface area contributed by atoms with Crippen molar-refractivity contribution in [2.24, 2.45) is 0 Å². The second-order valence-electron chi connectivity index (χ2n) is 4.31. The van der Waals surface area contributed by atoms with Gasteiger partial charge in [0.05, 0.1) is 0 Å². The summed E-state index contributed by atoms with van der Waals surface area (Å²) in [7, 11) is 0. The lowest BCUT2D eigenvalue weighted by Crippen LogP contribution is -1.96. The minimum absolute atomic E-state index is 1.06. The Balaban J connectivity index is 1.97. The molecule has 0 aliphatic heterocycles. The number of hydrogen-bond acceptors (Lipinski definition) is 1. The summed E-state index contributed by atoms with van der Waals surface area (Å²) in [4.78, 5) is 4.39. The maximum Gasteiger partial charge on any atom is 0.0444 e. The van der Waals surface area contributed by atoms with Crippen LogP contribution in [0.1, 0.15) is 44.2 Å². The fourth-order valence-corrected chi connectivity index (χ4v) is 2.15. The maximum atomic E-state index is 4.39. The fraction of sp³-hybridized carbons (Fsp3) is 0.500. The highest BCUT2D eigenvalue weighted by atomic mass is 14.7. The minimum Gasteiger partial charge on any atom is -0.261 e. The Labute approximate surface area is 92.2 Å². The zero-order valence-corrected chi connectivity index (χ0v) is 9.28. The van der Waals surface area contributed by atoms with Crippen LogP contribution in [0.15, 0.2) is 36.0 Å². The minimum atomic E-state index is 1.06. The maximum absolute atomic E-state index is 4.39. The van der Waals surface area contributed by atoms with Crippen LogP contribution in [-0.2, 0) is 6.42 Å². The first-order valence-electron chi connectivity index (χ1n) is 6.03. The van der Waals surface area contributed by atoms with E-state index in [4.69, 9.17) is 0 Å². The molecule has 1 nitrogen and oxygen atoms in total. The Hall–Kier alpha value is -1.11. The molecule has 0 saturated heterocycles. The van der Waals surface area contributed by atoms with Gasteiger partial charge in [0, 0.05) is 18.3 Å². The molecule has 0 aromatic carbocycles. The van der Waals surface area contributed by atoms with E-state index in [9.17, 15) is 0 Å². The van der Waals surface area contributed by atoms with E-state index in [2.05, 4.69) is 23.2 Å². The van der Waals surface area contributed by atoms with Crippen molar-refractivity contribution in [1.29, 1.82) is 0 Å². The summed E-state index contributed by atoms with van der Waals surface area (Å²) in [6, 6.07) is 6.18. The number of allylic oxidation sites excluding steroid dienone is 2. The van der Waals surface area contributed by atoms with E-state index in [0.29, 0.717) is 0 Å². The first-order valence-corrected chi connectivity index (χ1v) is 6.03. The summed E-state index contributed by atoms with van der Waals surface area (Å²) < 4.78 is 0. The molecule has 1 heterocycles. The van der Waals surface area contributed by atoms with Gasteiger partial charge in [-0.2, -0.15) is 0 Å². The van der Waals surface area contributed by atoms with Crippen molar-refractivity contribution in [2.45, 2.75) is 44.9 Å². The highest BCUT2D eigenvalue weighted by molar-refractivity contribution is 5.15. The summed E-state index contributed by atoms with van der Waals surface area (Å²) in [6.07, 6.45) is 13.5. The third-order valence-electron chi connectivity index (χ3n) is 3.02. The largest absolute Gasteiger partial charge is 0.261 e. The predicted octanol–water partition coefficient (Wildman–Crippen LogP) is 3.90. The van der Waals surface area contributed by atoms with Gasteiger partial charge in [-0.15, -0.1) is 0 Å². The zero-order chi connectivity index (χ0) is 10.3. The van der Waals surface area contributed by atoms with E-state index >= 15 is 0 Å². The van der Waals surface area contributed by atoms with Gasteiger partial charge >= 0.3 is 0 Å². The Bertz CT molecular complexity index is 313. The molecule has 0 saturated carbocycles. The molecule has 0 radical (unpaired) electrons. The zero-order valence-electron chi connectivity index (χ0n) is 9.28. The van der Waals surface area contributed by atoms with E-state index < -0.39 is 0 Å². The highest BCUT2D eigenvalue weighted by Crippen LogP contribution is 2.19. The quantitative estimate of drug-likeness (QED) is 0.661. The van der Waals surface area contributed by atoms with E-state index in [-0.39, 0.29) is 0 Å². The van der Waals surface area contributed by atoms with Gasteiger partial charge in [0.1, 0.15) is 0 Å². The molecular weight excluding hydrogens is 182 g/mol. The molecule has 0 bridgehead atoms. The number of nitrogens with zero attached hydrogens (tertiary/aromatic N) is 1. The van der Waals surface area contributed by atoms with E-state index in [1.165, 1.54) is 44.2 Å². The number of hydrogen-bond donors (Lipinski definition) is 0. The lowest BCUT2D eigenvalue weighted by molar-refractivity contribution is 0.619. The average molecular weight is 201 g/mol. The topological polar surface area (TPSA) is 12.9 Å². The molecule has 1 aliphatic carbocycles. The monoisotopic (exact) mass is 201 g/mol. The third-order valence-corrected chi connectivity index (χ3v) is 3.02. The molecule has 2 rings (SSSR count). The van der Waals surface area contributed by atoms with Gasteiger partial charge in [0.2, 0.25) is 0 Å². The molecular formula is C14H19N. The van der Waals surface area contributed by atoms with Crippen LogP contribution < -0.4 is 0 Å². The molecule has 15 heavy (non-hydrogen) atoms. The molecule has 1 aromatic heterocycles. The van der Waals surface area contributed by atoms with Crippen molar-refractivity contribution in [1.82, 2.24) is 4.98 Å². The second kappa shape index (κ2) is 5.69. The molecule has 0 unspecified atom stereocenters. The van der Waals surface area contributed by atoms with Gasteiger partial charge in [0.15, 0.2) is 0 Å². The molecule has 0 atom stereocenters. The molecule has 1 aromatic rings. The average Bonchev–Trinajstić information content (AvgIpc) is 2.23. The van der Waals surface area contributed by atoms with Crippen LogP contribution in [0.3, 0.4) is 0 Å². The Morgan fingerprint density at radius 2 is 2.00 bits per heavy atom. The Kier molecular flexibility index (Phi) is 3.95. The van der Waals surface area contributed by atoms with Crippen molar-refractivity contribution in [3.05, 3.63) is 41.7 Å². The second-order valence-corrected chi connectivity index (χ2v) is 4.31. The van der Waals surface area contributed by atoms with Crippen LogP contribution in [0.25, 0.3) is 0 Å². The van der Waals surface area contributed by atoms with Crippen LogP contribution in [0, 0.1) is 0 Å². The van der Waals surface area contributed by atoms with Crippen molar-refractivity contribution in [3.8, 4) is 0 Å². The van der Waals surface area contributed by atoms with Gasteiger partial charge in [-0.05, 0) is 37.8 Å². The van der Waals surface area contributed by atoms with Gasteiger partial charge < -0.3 is 0 Å². The number of pyridine rings is 1. The molecule has 0 spiro atoms. The smallest absolute Gasteiger partial charge is 0.0444 e. The highest BCUT2D eigenvalue weighted by Gasteiger charge is 2.03. The molecule has 0 amide bonds. The standard InChI is InChI=1S/C14H19N/c1-2-4-8-13(9-5-3-1)12-14-10-6-7-11-15-14/h6-8,10-11H,1-5,9,12H2/b13-8+. The lowest BCUT2D eigenvalue weighted by atomic mass is 9.97. The molecule has 0 N–H and O–H groups in total. The van der Waals surface area contributed by atoms with Crippen LogP contribution in [-0.4, -0.2) is 4.98 Å². The predicted molar refractivity (Wildman–Crippen MR) is 63.7 cm³/mol. The van der Waals surface area contributed by atoms with Crippen molar-refractivity contribution in [3.63, 3.8) is 0 Å². The third kappa shape index (κ3) is 3.50. The Morgan fingerprint density at radius 1 is 1.07 bits per heavy atom. The van der Waals surface area contributed by atoms with Crippen molar-refractivity contribution >= 4 is 0 Å². The normalized spacial score (nSPS) is 21.2. The number of aromatic nitrogens is 1. The molecule has 1 heteroatoms. The van der Waals surface area contributed by atoms with Crippen LogP contribution in [0.2, 0.25) is 0 Å². The van der Waals surface area contributed by atoms with Crippen molar-refractivity contribution in [2.75, 3.05) is 0 Å². The SMILES string of the molecule is C1=C(/Cc2ccccn2)CCCCCC/1. The molecule has 0 fully saturated rings. The van der Waals surface area contributed by atoms with E-state index in [0.717, 1.165) is 6.42 Å². The summed E-state index contributed by atoms with van der Waals surface area (Å²) in [5, 5.41) is 0. The Morgan fingerprint density at radius 3 is 2.87 bits per heavy atom. The van der Waals surface area contributed by atoms with E-state index in [1.54, 1.807) is 5.57 Å². The number of rotatable bonds is 2.